The second-order valence-electron chi connectivity index (χ2n) is 4.81. The number of hydrogen-bond donors (Lipinski definition) is 1. The summed E-state index contributed by atoms with van der Waals surface area (Å²) in [6.07, 6.45) is 3.12. The van der Waals surface area contributed by atoms with Crippen LogP contribution in [-0.2, 0) is 11.2 Å². The van der Waals surface area contributed by atoms with Crippen molar-refractivity contribution in [2.45, 2.75) is 26.2 Å². The quantitative estimate of drug-likeness (QED) is 0.877. The normalized spacial score (nSPS) is 17.1. The van der Waals surface area contributed by atoms with E-state index < -0.39 is 0 Å². The molecule has 0 radical (unpaired) electrons. The number of rotatable bonds is 4. The summed E-state index contributed by atoms with van der Waals surface area (Å²) in [6.45, 7) is 4.95. The van der Waals surface area contributed by atoms with Crippen LogP contribution in [0.1, 0.15) is 25.6 Å². The van der Waals surface area contributed by atoms with Gasteiger partial charge in [0.1, 0.15) is 17.5 Å². The molecule has 1 aliphatic rings. The number of anilines is 2. The number of nitrogens with zero attached hydrogens (tertiary/aromatic N) is 3. The van der Waals surface area contributed by atoms with E-state index in [4.69, 9.17) is 10.5 Å². The average molecular weight is 250 g/mol. The van der Waals surface area contributed by atoms with Crippen molar-refractivity contribution in [2.24, 2.45) is 5.92 Å². The third kappa shape index (κ3) is 3.10. The summed E-state index contributed by atoms with van der Waals surface area (Å²) >= 11 is 0. The van der Waals surface area contributed by atoms with Crippen LogP contribution >= 0.6 is 0 Å². The first-order valence-corrected chi connectivity index (χ1v) is 6.60. The van der Waals surface area contributed by atoms with Crippen LogP contribution in [-0.4, -0.2) is 36.8 Å². The molecule has 1 fully saturated rings. The van der Waals surface area contributed by atoms with E-state index in [1.807, 2.05) is 13.0 Å². The second kappa shape index (κ2) is 6.00. The van der Waals surface area contributed by atoms with Crippen LogP contribution in [0, 0.1) is 5.92 Å². The number of piperidine rings is 1. The van der Waals surface area contributed by atoms with Crippen molar-refractivity contribution in [3.8, 4) is 0 Å². The number of nitrogens with two attached hydrogens (primary N) is 1. The molecule has 0 aliphatic carbocycles. The van der Waals surface area contributed by atoms with Crippen molar-refractivity contribution >= 4 is 11.6 Å². The Balaban J connectivity index is 2.02. The molecule has 0 unspecified atom stereocenters. The molecule has 2 N–H and O–H groups in total. The van der Waals surface area contributed by atoms with E-state index in [0.29, 0.717) is 11.7 Å². The molecule has 2 rings (SSSR count). The minimum atomic E-state index is 0.566. The topological polar surface area (TPSA) is 64.3 Å². The lowest BCUT2D eigenvalue weighted by Crippen LogP contribution is -2.35. The fourth-order valence-corrected chi connectivity index (χ4v) is 2.39. The highest BCUT2D eigenvalue weighted by molar-refractivity contribution is 5.47. The van der Waals surface area contributed by atoms with Crippen LogP contribution in [0.5, 0.6) is 0 Å². The van der Waals surface area contributed by atoms with Crippen LogP contribution in [0.2, 0.25) is 0 Å². The minimum Gasteiger partial charge on any atom is -0.384 e. The van der Waals surface area contributed by atoms with E-state index in [1.165, 1.54) is 0 Å². The van der Waals surface area contributed by atoms with E-state index in [1.54, 1.807) is 7.11 Å². The Hall–Kier alpha value is -1.36. The Labute approximate surface area is 108 Å². The Bertz CT molecular complexity index is 389. The summed E-state index contributed by atoms with van der Waals surface area (Å²) in [5.74, 6) is 3.03. The first-order chi connectivity index (χ1) is 8.72. The van der Waals surface area contributed by atoms with Crippen LogP contribution < -0.4 is 10.6 Å². The molecule has 18 heavy (non-hydrogen) atoms. The van der Waals surface area contributed by atoms with E-state index in [-0.39, 0.29) is 0 Å². The van der Waals surface area contributed by atoms with Crippen LogP contribution in [0.3, 0.4) is 0 Å². The summed E-state index contributed by atoms with van der Waals surface area (Å²) < 4.78 is 5.21. The average Bonchev–Trinajstić information content (AvgIpc) is 2.39. The van der Waals surface area contributed by atoms with Gasteiger partial charge in [0.2, 0.25) is 0 Å². The Kier molecular flexibility index (Phi) is 4.36. The maximum Gasteiger partial charge on any atom is 0.134 e. The van der Waals surface area contributed by atoms with Crippen molar-refractivity contribution in [1.29, 1.82) is 0 Å². The van der Waals surface area contributed by atoms with Crippen LogP contribution in [0.4, 0.5) is 11.6 Å². The highest BCUT2D eigenvalue weighted by atomic mass is 16.5. The Morgan fingerprint density at radius 3 is 2.72 bits per heavy atom. The molecule has 100 valence electrons. The number of hydrogen-bond acceptors (Lipinski definition) is 5. The minimum absolute atomic E-state index is 0.566. The molecule has 5 nitrogen and oxygen atoms in total. The van der Waals surface area contributed by atoms with Crippen molar-refractivity contribution in [3.63, 3.8) is 0 Å². The van der Waals surface area contributed by atoms with Gasteiger partial charge < -0.3 is 15.4 Å². The standard InChI is InChI=1S/C13H22N4O/c1-3-12-15-11(14)8-13(16-12)17-6-4-10(5-7-17)9-18-2/h8,10H,3-7,9H2,1-2H3,(H2,14,15,16). The molecule has 0 bridgehead atoms. The second-order valence-corrected chi connectivity index (χ2v) is 4.81. The first kappa shape index (κ1) is 13.1. The zero-order valence-corrected chi connectivity index (χ0v) is 11.2. The molecule has 0 spiro atoms. The van der Waals surface area contributed by atoms with Gasteiger partial charge in [-0.25, -0.2) is 9.97 Å². The van der Waals surface area contributed by atoms with Crippen LogP contribution in [0.25, 0.3) is 0 Å². The molecule has 0 amide bonds. The van der Waals surface area contributed by atoms with E-state index in [0.717, 1.165) is 50.6 Å². The molecule has 2 heterocycles. The molecular weight excluding hydrogens is 228 g/mol. The van der Waals surface area contributed by atoms with E-state index >= 15 is 0 Å². The fraction of sp³-hybridized carbons (Fsp3) is 0.692. The first-order valence-electron chi connectivity index (χ1n) is 6.60. The molecule has 1 saturated heterocycles. The molecule has 5 heteroatoms. The van der Waals surface area contributed by atoms with Gasteiger partial charge in [0.25, 0.3) is 0 Å². The van der Waals surface area contributed by atoms with Gasteiger partial charge in [-0.1, -0.05) is 6.92 Å². The number of ether oxygens (including phenoxy) is 1. The highest BCUT2D eigenvalue weighted by Gasteiger charge is 2.20. The van der Waals surface area contributed by atoms with Gasteiger partial charge in [0.05, 0.1) is 0 Å². The van der Waals surface area contributed by atoms with E-state index in [9.17, 15) is 0 Å². The van der Waals surface area contributed by atoms with Gasteiger partial charge in [-0.2, -0.15) is 0 Å². The number of aromatic nitrogens is 2. The van der Waals surface area contributed by atoms with Crippen LogP contribution in [0.15, 0.2) is 6.07 Å². The lowest BCUT2D eigenvalue weighted by atomic mass is 9.98. The van der Waals surface area contributed by atoms with Gasteiger partial charge in [-0.05, 0) is 18.8 Å². The molecule has 0 saturated carbocycles. The molecule has 0 atom stereocenters. The summed E-state index contributed by atoms with van der Waals surface area (Å²) in [5.41, 5.74) is 5.82. The largest absolute Gasteiger partial charge is 0.384 e. The number of methoxy groups -OCH3 is 1. The maximum absolute atomic E-state index is 5.82. The highest BCUT2D eigenvalue weighted by Crippen LogP contribution is 2.23. The fourth-order valence-electron chi connectivity index (χ4n) is 2.39. The van der Waals surface area contributed by atoms with Gasteiger partial charge in [-0.3, -0.25) is 0 Å². The molecular formula is C13H22N4O. The van der Waals surface area contributed by atoms with Gasteiger partial charge in [0, 0.05) is 39.3 Å². The van der Waals surface area contributed by atoms with Crippen molar-refractivity contribution in [2.75, 3.05) is 37.4 Å². The summed E-state index contributed by atoms with van der Waals surface area (Å²) in [6, 6.07) is 1.87. The Morgan fingerprint density at radius 2 is 2.11 bits per heavy atom. The van der Waals surface area contributed by atoms with Crippen molar-refractivity contribution < 1.29 is 4.74 Å². The summed E-state index contributed by atoms with van der Waals surface area (Å²) in [7, 11) is 1.77. The lowest BCUT2D eigenvalue weighted by Gasteiger charge is -2.32. The molecule has 1 aromatic rings. The smallest absolute Gasteiger partial charge is 0.134 e. The maximum atomic E-state index is 5.82. The predicted octanol–water partition coefficient (Wildman–Crippen LogP) is 1.48. The zero-order chi connectivity index (χ0) is 13.0. The molecule has 1 aliphatic heterocycles. The van der Waals surface area contributed by atoms with Crippen molar-refractivity contribution in [1.82, 2.24) is 9.97 Å². The zero-order valence-electron chi connectivity index (χ0n) is 11.2. The monoisotopic (exact) mass is 250 g/mol. The van der Waals surface area contributed by atoms with Gasteiger partial charge in [0.15, 0.2) is 0 Å². The lowest BCUT2D eigenvalue weighted by molar-refractivity contribution is 0.139. The van der Waals surface area contributed by atoms with E-state index in [2.05, 4.69) is 14.9 Å². The molecule has 0 aromatic carbocycles. The molecule has 1 aromatic heterocycles. The third-order valence-electron chi connectivity index (χ3n) is 3.44. The van der Waals surface area contributed by atoms with Gasteiger partial charge >= 0.3 is 0 Å². The number of aryl methyl sites for hydroxylation is 1. The summed E-state index contributed by atoms with van der Waals surface area (Å²) in [5, 5.41) is 0. The number of nitrogen functional groups attached to an aromatic ring is 1. The van der Waals surface area contributed by atoms with Gasteiger partial charge in [-0.15, -0.1) is 0 Å². The predicted molar refractivity (Wildman–Crippen MR) is 72.6 cm³/mol. The summed E-state index contributed by atoms with van der Waals surface area (Å²) in [4.78, 5) is 11.1. The third-order valence-corrected chi connectivity index (χ3v) is 3.44. The van der Waals surface area contributed by atoms with Crippen molar-refractivity contribution in [3.05, 3.63) is 11.9 Å². The Morgan fingerprint density at radius 1 is 1.39 bits per heavy atom. The SMILES string of the molecule is CCc1nc(N)cc(N2CCC(COC)CC2)n1.